The van der Waals surface area contributed by atoms with E-state index in [-0.39, 0.29) is 29.0 Å². The molecule has 2 aromatic carbocycles. The normalized spacial score (nSPS) is 14.4. The summed E-state index contributed by atoms with van der Waals surface area (Å²) in [6.07, 6.45) is 1.55. The maximum Gasteiger partial charge on any atom is 0.363 e. The molecular formula is C24H24ClNO6. The number of benzene rings is 2. The molecule has 0 aliphatic carbocycles. The molecule has 0 fully saturated rings. The van der Waals surface area contributed by atoms with Crippen LogP contribution in [-0.2, 0) is 19.1 Å². The molecule has 32 heavy (non-hydrogen) atoms. The number of carbonyl (C=O) groups is 2. The van der Waals surface area contributed by atoms with E-state index < -0.39 is 11.9 Å². The number of esters is 2. The predicted molar refractivity (Wildman–Crippen MR) is 121 cm³/mol. The van der Waals surface area contributed by atoms with Crippen molar-refractivity contribution in [3.05, 3.63) is 63.8 Å². The van der Waals surface area contributed by atoms with Crippen molar-refractivity contribution in [1.82, 2.24) is 0 Å². The number of methoxy groups -OCH3 is 1. The van der Waals surface area contributed by atoms with E-state index in [0.29, 0.717) is 29.4 Å². The zero-order chi connectivity index (χ0) is 23.3. The molecule has 1 aliphatic rings. The van der Waals surface area contributed by atoms with Gasteiger partial charge in [-0.05, 0) is 54.3 Å². The summed E-state index contributed by atoms with van der Waals surface area (Å²) in [4.78, 5) is 28.1. The highest BCUT2D eigenvalue weighted by atomic mass is 35.5. The van der Waals surface area contributed by atoms with E-state index >= 15 is 0 Å². The molecule has 1 heterocycles. The Morgan fingerprint density at radius 1 is 1.19 bits per heavy atom. The van der Waals surface area contributed by atoms with Crippen molar-refractivity contribution in [3.63, 3.8) is 0 Å². The second-order valence-corrected chi connectivity index (χ2v) is 7.65. The van der Waals surface area contributed by atoms with Gasteiger partial charge in [0.15, 0.2) is 23.8 Å². The molecule has 168 valence electrons. The third-order valence-corrected chi connectivity index (χ3v) is 4.92. The largest absolute Gasteiger partial charge is 0.490 e. The minimum Gasteiger partial charge on any atom is -0.490 e. The second kappa shape index (κ2) is 10.3. The zero-order valence-corrected chi connectivity index (χ0v) is 19.1. The van der Waals surface area contributed by atoms with Gasteiger partial charge in [-0.1, -0.05) is 37.6 Å². The third kappa shape index (κ3) is 5.48. The molecule has 1 aliphatic heterocycles. The Kier molecular flexibility index (Phi) is 7.53. The van der Waals surface area contributed by atoms with Gasteiger partial charge in [-0.15, -0.1) is 0 Å². The highest BCUT2D eigenvalue weighted by molar-refractivity contribution is 6.32. The molecule has 0 unspecified atom stereocenters. The Hall–Kier alpha value is -3.32. The van der Waals surface area contributed by atoms with Crippen LogP contribution in [0.4, 0.5) is 0 Å². The van der Waals surface area contributed by atoms with E-state index in [1.54, 1.807) is 25.1 Å². The molecular weight excluding hydrogens is 434 g/mol. The van der Waals surface area contributed by atoms with Gasteiger partial charge in [-0.25, -0.2) is 14.6 Å². The summed E-state index contributed by atoms with van der Waals surface area (Å²) < 4.78 is 21.0. The summed E-state index contributed by atoms with van der Waals surface area (Å²) in [5.74, 6) is 0.0713. The highest BCUT2D eigenvalue weighted by Crippen LogP contribution is 2.37. The molecule has 0 bridgehead atoms. The van der Waals surface area contributed by atoms with Crippen LogP contribution in [0, 0.1) is 0 Å². The fourth-order valence-electron chi connectivity index (χ4n) is 2.97. The van der Waals surface area contributed by atoms with Crippen molar-refractivity contribution >= 4 is 35.5 Å². The van der Waals surface area contributed by atoms with Gasteiger partial charge >= 0.3 is 11.9 Å². The average Bonchev–Trinajstić information content (AvgIpc) is 3.13. The van der Waals surface area contributed by atoms with Crippen LogP contribution < -0.4 is 9.47 Å². The van der Waals surface area contributed by atoms with E-state index in [1.807, 2.05) is 24.3 Å². The van der Waals surface area contributed by atoms with E-state index in [0.717, 1.165) is 0 Å². The van der Waals surface area contributed by atoms with Crippen LogP contribution in [0.25, 0.3) is 6.08 Å². The fourth-order valence-corrected chi connectivity index (χ4v) is 3.24. The van der Waals surface area contributed by atoms with Crippen LogP contribution in [0.1, 0.15) is 43.4 Å². The lowest BCUT2D eigenvalue weighted by molar-refractivity contribution is -0.143. The SMILES string of the molecule is CCOc1cc(/C=C2\N=C(c3ccc(C(C)C)cc3)OC2=O)cc(Cl)c1OCC(=O)OC. The van der Waals surface area contributed by atoms with Crippen LogP contribution in [0.5, 0.6) is 11.5 Å². The standard InChI is InChI=1S/C24H24ClNO6/c1-5-30-20-12-15(10-18(25)22(20)31-13-21(27)29-4)11-19-24(28)32-23(26-19)17-8-6-16(7-9-17)14(2)3/h6-12,14H,5,13H2,1-4H3/b19-11-. The Balaban J connectivity index is 1.89. The van der Waals surface area contributed by atoms with E-state index in [1.165, 1.54) is 12.7 Å². The lowest BCUT2D eigenvalue weighted by Gasteiger charge is -2.13. The first kappa shape index (κ1) is 23.3. The van der Waals surface area contributed by atoms with Gasteiger partial charge < -0.3 is 18.9 Å². The monoisotopic (exact) mass is 457 g/mol. The Morgan fingerprint density at radius 3 is 2.53 bits per heavy atom. The molecule has 0 saturated heterocycles. The van der Waals surface area contributed by atoms with Crippen LogP contribution >= 0.6 is 11.6 Å². The van der Waals surface area contributed by atoms with Gasteiger partial charge in [0, 0.05) is 5.56 Å². The van der Waals surface area contributed by atoms with Crippen molar-refractivity contribution < 1.29 is 28.5 Å². The number of carbonyl (C=O) groups excluding carboxylic acids is 2. The Bertz CT molecular complexity index is 1070. The van der Waals surface area contributed by atoms with Gasteiger partial charge in [-0.3, -0.25) is 0 Å². The van der Waals surface area contributed by atoms with Crippen molar-refractivity contribution in [2.24, 2.45) is 4.99 Å². The number of rotatable bonds is 8. The summed E-state index contributed by atoms with van der Waals surface area (Å²) in [6, 6.07) is 11.0. The zero-order valence-electron chi connectivity index (χ0n) is 18.3. The first-order valence-electron chi connectivity index (χ1n) is 10.1. The minimum absolute atomic E-state index is 0.134. The lowest BCUT2D eigenvalue weighted by Crippen LogP contribution is -2.13. The Morgan fingerprint density at radius 2 is 1.91 bits per heavy atom. The maximum atomic E-state index is 12.4. The summed E-state index contributed by atoms with van der Waals surface area (Å²) in [6.45, 7) is 6.05. The van der Waals surface area contributed by atoms with Gasteiger partial charge in [0.25, 0.3) is 0 Å². The summed E-state index contributed by atoms with van der Waals surface area (Å²) in [7, 11) is 1.26. The third-order valence-electron chi connectivity index (χ3n) is 4.64. The van der Waals surface area contributed by atoms with Gasteiger partial charge in [-0.2, -0.15) is 0 Å². The first-order chi connectivity index (χ1) is 15.3. The molecule has 0 amide bonds. The smallest absolute Gasteiger partial charge is 0.363 e. The summed E-state index contributed by atoms with van der Waals surface area (Å²) >= 11 is 6.35. The molecule has 0 spiro atoms. The van der Waals surface area contributed by atoms with Crippen molar-refractivity contribution in [1.29, 1.82) is 0 Å². The van der Waals surface area contributed by atoms with Crippen LogP contribution in [0.2, 0.25) is 5.02 Å². The van der Waals surface area contributed by atoms with E-state index in [4.69, 9.17) is 25.8 Å². The number of hydrogen-bond acceptors (Lipinski definition) is 7. The number of halogens is 1. The second-order valence-electron chi connectivity index (χ2n) is 7.24. The summed E-state index contributed by atoms with van der Waals surface area (Å²) in [5.41, 5.74) is 2.60. The minimum atomic E-state index is -0.562. The molecule has 7 nitrogen and oxygen atoms in total. The first-order valence-corrected chi connectivity index (χ1v) is 10.5. The quantitative estimate of drug-likeness (QED) is 0.420. The number of hydrogen-bond donors (Lipinski definition) is 0. The average molecular weight is 458 g/mol. The van der Waals surface area contributed by atoms with Crippen LogP contribution in [0.3, 0.4) is 0 Å². The van der Waals surface area contributed by atoms with Crippen molar-refractivity contribution in [2.45, 2.75) is 26.7 Å². The number of nitrogens with zero attached hydrogens (tertiary/aromatic N) is 1. The van der Waals surface area contributed by atoms with Gasteiger partial charge in [0.05, 0.1) is 18.7 Å². The van der Waals surface area contributed by atoms with E-state index in [9.17, 15) is 9.59 Å². The van der Waals surface area contributed by atoms with Crippen molar-refractivity contribution in [2.75, 3.05) is 20.3 Å². The molecule has 0 radical (unpaired) electrons. The summed E-state index contributed by atoms with van der Waals surface area (Å²) in [5, 5.41) is 0.214. The number of aliphatic imine (C=N–C) groups is 1. The predicted octanol–water partition coefficient (Wildman–Crippen LogP) is 4.76. The van der Waals surface area contributed by atoms with Gasteiger partial charge in [0.2, 0.25) is 5.90 Å². The van der Waals surface area contributed by atoms with Crippen LogP contribution in [-0.4, -0.2) is 38.2 Å². The molecule has 0 saturated carbocycles. The fraction of sp³-hybridized carbons (Fsp3) is 0.292. The maximum absolute atomic E-state index is 12.4. The number of ether oxygens (including phenoxy) is 4. The molecule has 0 N–H and O–H groups in total. The van der Waals surface area contributed by atoms with E-state index in [2.05, 4.69) is 23.6 Å². The molecule has 8 heteroatoms. The highest BCUT2D eigenvalue weighted by Gasteiger charge is 2.25. The molecule has 3 rings (SSSR count). The Labute approximate surface area is 191 Å². The molecule has 0 aromatic heterocycles. The topological polar surface area (TPSA) is 83.4 Å². The number of cyclic esters (lactones) is 1. The van der Waals surface area contributed by atoms with Crippen molar-refractivity contribution in [3.8, 4) is 11.5 Å². The molecule has 2 aromatic rings. The lowest BCUT2D eigenvalue weighted by atomic mass is 10.0. The van der Waals surface area contributed by atoms with Gasteiger partial charge in [0.1, 0.15) is 0 Å². The van der Waals surface area contributed by atoms with Crippen LogP contribution in [0.15, 0.2) is 47.1 Å². The molecule has 0 atom stereocenters.